The van der Waals surface area contributed by atoms with Crippen LogP contribution in [0.5, 0.6) is 11.5 Å². The van der Waals surface area contributed by atoms with Gasteiger partial charge in [-0.05, 0) is 49.7 Å². The lowest BCUT2D eigenvalue weighted by Crippen LogP contribution is -2.37. The predicted octanol–water partition coefficient (Wildman–Crippen LogP) is 1.44. The van der Waals surface area contributed by atoms with Crippen molar-refractivity contribution in [3.63, 3.8) is 0 Å². The van der Waals surface area contributed by atoms with Gasteiger partial charge in [-0.1, -0.05) is 6.92 Å². The van der Waals surface area contributed by atoms with E-state index in [1.165, 1.54) is 0 Å². The highest BCUT2D eigenvalue weighted by molar-refractivity contribution is 5.30. The van der Waals surface area contributed by atoms with E-state index < -0.39 is 0 Å². The van der Waals surface area contributed by atoms with Crippen molar-refractivity contribution in [1.82, 2.24) is 4.90 Å². The minimum absolute atomic E-state index is 0.0790. The van der Waals surface area contributed by atoms with Gasteiger partial charge in [0, 0.05) is 12.6 Å². The van der Waals surface area contributed by atoms with Crippen LogP contribution in [0.15, 0.2) is 24.3 Å². The standard InChI is InChI=1S/C14H22N2O2/c1-2-16-8-7-11(9-16)14(15)10-18-13-5-3-12(17)4-6-13/h3-6,11,14,17H,2,7-10,15H2,1H3. The minimum atomic E-state index is 0.0790. The molecular weight excluding hydrogens is 228 g/mol. The molecule has 1 heterocycles. The average molecular weight is 250 g/mol. The lowest BCUT2D eigenvalue weighted by molar-refractivity contribution is 0.241. The Morgan fingerprint density at radius 2 is 2.17 bits per heavy atom. The van der Waals surface area contributed by atoms with Crippen molar-refractivity contribution >= 4 is 0 Å². The third-order valence-electron chi connectivity index (χ3n) is 3.64. The lowest BCUT2D eigenvalue weighted by Gasteiger charge is -2.20. The number of hydrogen-bond donors (Lipinski definition) is 2. The van der Waals surface area contributed by atoms with Gasteiger partial charge in [-0.15, -0.1) is 0 Å². The molecule has 4 heteroatoms. The molecule has 0 aromatic heterocycles. The van der Waals surface area contributed by atoms with Gasteiger partial charge in [-0.25, -0.2) is 0 Å². The normalized spacial score (nSPS) is 22.0. The maximum Gasteiger partial charge on any atom is 0.119 e. The van der Waals surface area contributed by atoms with E-state index in [9.17, 15) is 5.11 Å². The van der Waals surface area contributed by atoms with Crippen LogP contribution in [0.25, 0.3) is 0 Å². The third kappa shape index (κ3) is 3.37. The quantitative estimate of drug-likeness (QED) is 0.830. The first-order chi connectivity index (χ1) is 8.69. The summed E-state index contributed by atoms with van der Waals surface area (Å²) in [7, 11) is 0. The molecule has 1 aromatic carbocycles. The number of phenolic OH excluding ortho intramolecular Hbond substituents is 1. The molecule has 2 rings (SSSR count). The Labute approximate surface area is 108 Å². The Morgan fingerprint density at radius 3 is 2.78 bits per heavy atom. The summed E-state index contributed by atoms with van der Waals surface area (Å²) in [5.41, 5.74) is 6.17. The van der Waals surface area contributed by atoms with Crippen LogP contribution in [-0.2, 0) is 0 Å². The summed E-state index contributed by atoms with van der Waals surface area (Å²) >= 11 is 0. The fraction of sp³-hybridized carbons (Fsp3) is 0.571. The van der Waals surface area contributed by atoms with Crippen molar-refractivity contribution in [2.75, 3.05) is 26.2 Å². The molecular formula is C14H22N2O2. The SMILES string of the molecule is CCN1CCC(C(N)COc2ccc(O)cc2)C1. The fourth-order valence-electron chi connectivity index (χ4n) is 2.37. The Morgan fingerprint density at radius 1 is 1.44 bits per heavy atom. The zero-order valence-corrected chi connectivity index (χ0v) is 10.9. The van der Waals surface area contributed by atoms with Crippen LogP contribution in [0.3, 0.4) is 0 Å². The van der Waals surface area contributed by atoms with Crippen LogP contribution in [-0.4, -0.2) is 42.3 Å². The van der Waals surface area contributed by atoms with Gasteiger partial charge in [-0.2, -0.15) is 0 Å². The summed E-state index contributed by atoms with van der Waals surface area (Å²) < 4.78 is 5.65. The van der Waals surface area contributed by atoms with Crippen molar-refractivity contribution in [2.45, 2.75) is 19.4 Å². The average Bonchev–Trinajstić information content (AvgIpc) is 2.86. The number of ether oxygens (including phenoxy) is 1. The molecule has 0 saturated carbocycles. The zero-order chi connectivity index (χ0) is 13.0. The smallest absolute Gasteiger partial charge is 0.119 e. The molecule has 100 valence electrons. The van der Waals surface area contributed by atoms with E-state index in [0.29, 0.717) is 12.5 Å². The number of nitrogens with zero attached hydrogens (tertiary/aromatic N) is 1. The van der Waals surface area contributed by atoms with Crippen molar-refractivity contribution in [3.8, 4) is 11.5 Å². The molecule has 4 nitrogen and oxygen atoms in total. The fourth-order valence-corrected chi connectivity index (χ4v) is 2.37. The van der Waals surface area contributed by atoms with Crippen LogP contribution in [0, 0.1) is 5.92 Å². The van der Waals surface area contributed by atoms with Gasteiger partial charge in [0.25, 0.3) is 0 Å². The second-order valence-electron chi connectivity index (χ2n) is 4.91. The Bertz CT molecular complexity index is 367. The minimum Gasteiger partial charge on any atom is -0.508 e. The van der Waals surface area contributed by atoms with Gasteiger partial charge in [0.1, 0.15) is 18.1 Å². The highest BCUT2D eigenvalue weighted by Crippen LogP contribution is 2.20. The highest BCUT2D eigenvalue weighted by atomic mass is 16.5. The van der Waals surface area contributed by atoms with Crippen LogP contribution in [0.2, 0.25) is 0 Å². The highest BCUT2D eigenvalue weighted by Gasteiger charge is 2.26. The van der Waals surface area contributed by atoms with E-state index in [4.69, 9.17) is 10.5 Å². The van der Waals surface area contributed by atoms with Crippen LogP contribution < -0.4 is 10.5 Å². The Hall–Kier alpha value is -1.26. The first kappa shape index (κ1) is 13.2. The first-order valence-electron chi connectivity index (χ1n) is 6.58. The van der Waals surface area contributed by atoms with E-state index in [2.05, 4.69) is 11.8 Å². The molecule has 1 fully saturated rings. The molecule has 1 aliphatic rings. The monoisotopic (exact) mass is 250 g/mol. The van der Waals surface area contributed by atoms with Crippen molar-refractivity contribution in [2.24, 2.45) is 11.7 Å². The maximum absolute atomic E-state index is 9.18. The van der Waals surface area contributed by atoms with Gasteiger partial charge in [0.2, 0.25) is 0 Å². The van der Waals surface area contributed by atoms with Gasteiger partial charge in [0.15, 0.2) is 0 Å². The number of hydrogen-bond acceptors (Lipinski definition) is 4. The van der Waals surface area contributed by atoms with Crippen LogP contribution in [0.1, 0.15) is 13.3 Å². The Kier molecular flexibility index (Phi) is 4.44. The number of phenols is 1. The van der Waals surface area contributed by atoms with Gasteiger partial charge >= 0.3 is 0 Å². The molecule has 18 heavy (non-hydrogen) atoms. The summed E-state index contributed by atoms with van der Waals surface area (Å²) in [6, 6.07) is 6.84. The van der Waals surface area contributed by atoms with Gasteiger partial charge in [-0.3, -0.25) is 0 Å². The Balaban J connectivity index is 1.78. The number of aromatic hydroxyl groups is 1. The topological polar surface area (TPSA) is 58.7 Å². The van der Waals surface area contributed by atoms with Crippen molar-refractivity contribution in [3.05, 3.63) is 24.3 Å². The predicted molar refractivity (Wildman–Crippen MR) is 71.8 cm³/mol. The van der Waals surface area contributed by atoms with E-state index in [0.717, 1.165) is 31.8 Å². The maximum atomic E-state index is 9.18. The molecule has 0 amide bonds. The van der Waals surface area contributed by atoms with Crippen molar-refractivity contribution in [1.29, 1.82) is 0 Å². The van der Waals surface area contributed by atoms with E-state index in [-0.39, 0.29) is 11.8 Å². The lowest BCUT2D eigenvalue weighted by atomic mass is 10.0. The zero-order valence-electron chi connectivity index (χ0n) is 10.9. The molecule has 1 aliphatic heterocycles. The third-order valence-corrected chi connectivity index (χ3v) is 3.64. The van der Waals surface area contributed by atoms with Gasteiger partial charge in [0.05, 0.1) is 0 Å². The molecule has 0 spiro atoms. The van der Waals surface area contributed by atoms with Crippen LogP contribution in [0.4, 0.5) is 0 Å². The van der Waals surface area contributed by atoms with E-state index in [1.54, 1.807) is 24.3 Å². The molecule has 0 bridgehead atoms. The summed E-state index contributed by atoms with van der Waals surface area (Å²) in [5, 5.41) is 9.18. The van der Waals surface area contributed by atoms with Gasteiger partial charge < -0.3 is 20.5 Å². The summed E-state index contributed by atoms with van der Waals surface area (Å²) in [6.45, 7) is 6.04. The molecule has 2 atom stereocenters. The van der Waals surface area contributed by atoms with E-state index in [1.807, 2.05) is 0 Å². The largest absolute Gasteiger partial charge is 0.508 e. The molecule has 3 N–H and O–H groups in total. The number of benzene rings is 1. The molecule has 0 aliphatic carbocycles. The molecule has 0 radical (unpaired) electrons. The number of likely N-dealkylation sites (tertiary alicyclic amines) is 1. The summed E-state index contributed by atoms with van der Waals surface area (Å²) in [6.07, 6.45) is 1.16. The van der Waals surface area contributed by atoms with Crippen LogP contribution >= 0.6 is 0 Å². The number of nitrogens with two attached hydrogens (primary N) is 1. The first-order valence-corrected chi connectivity index (χ1v) is 6.58. The molecule has 1 aromatic rings. The second-order valence-corrected chi connectivity index (χ2v) is 4.91. The second kappa shape index (κ2) is 6.07. The molecule has 1 saturated heterocycles. The molecule has 2 unspecified atom stereocenters. The summed E-state index contributed by atoms with van der Waals surface area (Å²) in [4.78, 5) is 2.42. The number of rotatable bonds is 5. The summed E-state index contributed by atoms with van der Waals surface area (Å²) in [5.74, 6) is 1.54. The van der Waals surface area contributed by atoms with E-state index >= 15 is 0 Å². The van der Waals surface area contributed by atoms with Crippen molar-refractivity contribution < 1.29 is 9.84 Å².